The summed E-state index contributed by atoms with van der Waals surface area (Å²) in [5.41, 5.74) is 1.97. The number of hydrogen-bond acceptors (Lipinski definition) is 6. The molecule has 0 bridgehead atoms. The Morgan fingerprint density at radius 2 is 1.79 bits per heavy atom. The monoisotopic (exact) mass is 429 g/mol. The van der Waals surface area contributed by atoms with E-state index >= 15 is 0 Å². The average Bonchev–Trinajstić information content (AvgIpc) is 2.96. The predicted molar refractivity (Wildman–Crippen MR) is 121 cm³/mol. The zero-order valence-electron chi connectivity index (χ0n) is 16.6. The molecule has 1 saturated heterocycles. The van der Waals surface area contributed by atoms with Gasteiger partial charge in [-0.05, 0) is 42.3 Å². The summed E-state index contributed by atoms with van der Waals surface area (Å²) in [6.45, 7) is 3.11. The number of likely N-dealkylation sites (N-methyl/N-ethyl adjacent to an activating group) is 1. The van der Waals surface area contributed by atoms with E-state index < -0.39 is 0 Å². The van der Waals surface area contributed by atoms with Gasteiger partial charge in [-0.15, -0.1) is 0 Å². The van der Waals surface area contributed by atoms with E-state index in [1.54, 1.807) is 14.2 Å². The number of amides is 1. The molecule has 2 aromatic rings. The van der Waals surface area contributed by atoms with E-state index in [1.807, 2.05) is 55.5 Å². The van der Waals surface area contributed by atoms with Gasteiger partial charge in [0.15, 0.2) is 11.5 Å². The lowest BCUT2D eigenvalue weighted by atomic mass is 10.2. The van der Waals surface area contributed by atoms with Gasteiger partial charge >= 0.3 is 0 Å². The SMILES string of the molecule is COc1cc(/C=C2\SC(=S)N(C)C2=O)ccc1OCCCOc1ccccc1C. The van der Waals surface area contributed by atoms with Crippen LogP contribution in [0.15, 0.2) is 47.4 Å². The molecule has 1 heterocycles. The smallest absolute Gasteiger partial charge is 0.265 e. The van der Waals surface area contributed by atoms with Crippen LogP contribution in [0.25, 0.3) is 6.08 Å². The van der Waals surface area contributed by atoms with Gasteiger partial charge in [-0.25, -0.2) is 0 Å². The Bertz CT molecular complexity index is 942. The van der Waals surface area contributed by atoms with Crippen LogP contribution in [-0.4, -0.2) is 42.5 Å². The highest BCUT2D eigenvalue weighted by molar-refractivity contribution is 8.26. The largest absolute Gasteiger partial charge is 0.493 e. The average molecular weight is 430 g/mol. The van der Waals surface area contributed by atoms with Gasteiger partial charge < -0.3 is 14.2 Å². The first-order valence-electron chi connectivity index (χ1n) is 9.20. The molecule has 152 valence electrons. The lowest BCUT2D eigenvalue weighted by Crippen LogP contribution is -2.22. The van der Waals surface area contributed by atoms with Gasteiger partial charge in [0.2, 0.25) is 0 Å². The lowest BCUT2D eigenvalue weighted by molar-refractivity contribution is -0.121. The quantitative estimate of drug-likeness (QED) is 0.345. The second-order valence-corrected chi connectivity index (χ2v) is 8.14. The molecule has 5 nitrogen and oxygen atoms in total. The first-order valence-corrected chi connectivity index (χ1v) is 10.4. The number of benzene rings is 2. The van der Waals surface area contributed by atoms with Crippen molar-refractivity contribution in [2.45, 2.75) is 13.3 Å². The van der Waals surface area contributed by atoms with Crippen molar-refractivity contribution in [3.8, 4) is 17.2 Å². The molecular weight excluding hydrogens is 406 g/mol. The van der Waals surface area contributed by atoms with Crippen LogP contribution in [0.1, 0.15) is 17.5 Å². The zero-order chi connectivity index (χ0) is 20.8. The number of thioether (sulfide) groups is 1. The minimum Gasteiger partial charge on any atom is -0.493 e. The summed E-state index contributed by atoms with van der Waals surface area (Å²) in [4.78, 5) is 14.2. The van der Waals surface area contributed by atoms with Crippen LogP contribution < -0.4 is 14.2 Å². The van der Waals surface area contributed by atoms with Crippen molar-refractivity contribution < 1.29 is 19.0 Å². The van der Waals surface area contributed by atoms with Crippen LogP contribution in [0.5, 0.6) is 17.2 Å². The molecule has 0 atom stereocenters. The topological polar surface area (TPSA) is 48.0 Å². The number of thiocarbonyl (C=S) groups is 1. The predicted octanol–water partition coefficient (Wildman–Crippen LogP) is 4.68. The third-order valence-corrected chi connectivity index (χ3v) is 5.85. The van der Waals surface area contributed by atoms with Crippen LogP contribution in [0.3, 0.4) is 0 Å². The first kappa shape index (κ1) is 21.2. The van der Waals surface area contributed by atoms with E-state index in [-0.39, 0.29) is 5.91 Å². The van der Waals surface area contributed by atoms with Gasteiger partial charge in [-0.3, -0.25) is 9.69 Å². The molecule has 0 unspecified atom stereocenters. The maximum Gasteiger partial charge on any atom is 0.265 e. The van der Waals surface area contributed by atoms with Crippen molar-refractivity contribution in [3.05, 3.63) is 58.5 Å². The molecule has 29 heavy (non-hydrogen) atoms. The Morgan fingerprint density at radius 1 is 1.07 bits per heavy atom. The molecule has 1 fully saturated rings. The number of para-hydroxylation sites is 1. The van der Waals surface area contributed by atoms with Crippen LogP contribution >= 0.6 is 24.0 Å². The highest BCUT2D eigenvalue weighted by atomic mass is 32.2. The number of ether oxygens (including phenoxy) is 3. The Kier molecular flexibility index (Phi) is 7.17. The molecule has 3 rings (SSSR count). The fourth-order valence-electron chi connectivity index (χ4n) is 2.73. The van der Waals surface area contributed by atoms with Crippen LogP contribution in [0.2, 0.25) is 0 Å². The number of carbonyl (C=O) groups excluding carboxylic acids is 1. The van der Waals surface area contributed by atoms with E-state index in [1.165, 1.54) is 16.7 Å². The summed E-state index contributed by atoms with van der Waals surface area (Å²) in [7, 11) is 3.28. The summed E-state index contributed by atoms with van der Waals surface area (Å²) in [6, 6.07) is 13.5. The van der Waals surface area contributed by atoms with Gasteiger partial charge in [0.05, 0.1) is 25.2 Å². The standard InChI is InChI=1S/C22H23NO4S2/c1-15-7-4-5-8-17(15)26-11-6-12-27-18-10-9-16(13-19(18)25-3)14-20-21(24)23(2)22(28)29-20/h4-5,7-10,13-14H,6,11-12H2,1-3H3/b20-14-. The number of aryl methyl sites for hydroxylation is 1. The number of nitrogens with zero attached hydrogens (tertiary/aromatic N) is 1. The van der Waals surface area contributed by atoms with Crippen LogP contribution in [0, 0.1) is 6.92 Å². The third kappa shape index (κ3) is 5.31. The molecule has 1 amide bonds. The van der Waals surface area contributed by atoms with E-state index in [2.05, 4.69) is 0 Å². The molecule has 7 heteroatoms. The van der Waals surface area contributed by atoms with Gasteiger partial charge in [0, 0.05) is 13.5 Å². The summed E-state index contributed by atoms with van der Waals surface area (Å²) in [6.07, 6.45) is 2.56. The van der Waals surface area contributed by atoms with Crippen molar-refractivity contribution in [1.82, 2.24) is 4.90 Å². The summed E-state index contributed by atoms with van der Waals surface area (Å²) >= 11 is 6.46. The Labute approximate surface area is 180 Å². The van der Waals surface area contributed by atoms with Crippen molar-refractivity contribution in [3.63, 3.8) is 0 Å². The summed E-state index contributed by atoms with van der Waals surface area (Å²) < 4.78 is 17.6. The molecule has 0 aromatic heterocycles. The van der Waals surface area contributed by atoms with E-state index in [0.717, 1.165) is 23.3 Å². The Morgan fingerprint density at radius 3 is 2.45 bits per heavy atom. The number of methoxy groups -OCH3 is 1. The minimum absolute atomic E-state index is 0.0899. The first-order chi connectivity index (χ1) is 14.0. The molecule has 2 aromatic carbocycles. The molecule has 0 aliphatic carbocycles. The van der Waals surface area contributed by atoms with Crippen molar-refractivity contribution in [2.75, 3.05) is 27.4 Å². The molecular formula is C22H23NO4S2. The number of rotatable bonds is 8. The summed E-state index contributed by atoms with van der Waals surface area (Å²) in [5.74, 6) is 2.08. The Balaban J connectivity index is 1.56. The maximum atomic E-state index is 12.1. The fraction of sp³-hybridized carbons (Fsp3) is 0.273. The van der Waals surface area contributed by atoms with Gasteiger partial charge in [-0.2, -0.15) is 0 Å². The second-order valence-electron chi connectivity index (χ2n) is 6.47. The van der Waals surface area contributed by atoms with Crippen molar-refractivity contribution in [1.29, 1.82) is 0 Å². The van der Waals surface area contributed by atoms with E-state index in [9.17, 15) is 4.79 Å². The highest BCUT2D eigenvalue weighted by Gasteiger charge is 2.28. The Hall–Kier alpha value is -2.51. The number of hydrogen-bond donors (Lipinski definition) is 0. The fourth-order valence-corrected chi connectivity index (χ4v) is 3.91. The zero-order valence-corrected chi connectivity index (χ0v) is 18.3. The van der Waals surface area contributed by atoms with E-state index in [0.29, 0.717) is 33.9 Å². The molecule has 0 radical (unpaired) electrons. The normalized spacial score (nSPS) is 15.1. The van der Waals surface area contributed by atoms with E-state index in [4.69, 9.17) is 26.4 Å². The van der Waals surface area contributed by atoms with Gasteiger partial charge in [0.1, 0.15) is 10.1 Å². The van der Waals surface area contributed by atoms with Crippen molar-refractivity contribution in [2.24, 2.45) is 0 Å². The molecule has 1 aliphatic rings. The van der Waals surface area contributed by atoms with Gasteiger partial charge in [-0.1, -0.05) is 48.2 Å². The van der Waals surface area contributed by atoms with Crippen LogP contribution in [-0.2, 0) is 4.79 Å². The third-order valence-electron chi connectivity index (χ3n) is 4.37. The van der Waals surface area contributed by atoms with Crippen LogP contribution in [0.4, 0.5) is 0 Å². The van der Waals surface area contributed by atoms with Crippen molar-refractivity contribution >= 4 is 40.3 Å². The van der Waals surface area contributed by atoms with Gasteiger partial charge in [0.25, 0.3) is 5.91 Å². The summed E-state index contributed by atoms with van der Waals surface area (Å²) in [5, 5.41) is 0. The number of carbonyl (C=O) groups is 1. The molecule has 1 aliphatic heterocycles. The minimum atomic E-state index is -0.0899. The maximum absolute atomic E-state index is 12.1. The molecule has 0 spiro atoms. The lowest BCUT2D eigenvalue weighted by Gasteiger charge is -2.12. The molecule has 0 saturated carbocycles. The highest BCUT2D eigenvalue weighted by Crippen LogP contribution is 2.34. The second kappa shape index (κ2) is 9.80. The molecule has 0 N–H and O–H groups in total.